The Labute approximate surface area is 135 Å². The van der Waals surface area contributed by atoms with Gasteiger partial charge in [0.1, 0.15) is 0 Å². The van der Waals surface area contributed by atoms with Crippen LogP contribution in [0.5, 0.6) is 0 Å². The second-order valence-corrected chi connectivity index (χ2v) is 8.94. The van der Waals surface area contributed by atoms with E-state index in [1.165, 1.54) is 6.07 Å². The molecule has 3 rings (SSSR count). The van der Waals surface area contributed by atoms with Crippen LogP contribution in [0.2, 0.25) is 5.02 Å². The maximum absolute atomic E-state index is 12.3. The first-order valence-electron chi connectivity index (χ1n) is 7.65. The molecule has 0 unspecified atom stereocenters. The zero-order valence-electron chi connectivity index (χ0n) is 12.2. The van der Waals surface area contributed by atoms with Crippen LogP contribution in [0, 0.1) is 0 Å². The molecule has 0 aromatic heterocycles. The lowest BCUT2D eigenvalue weighted by molar-refractivity contribution is -0.145. The lowest BCUT2D eigenvalue weighted by atomic mass is 9.69. The van der Waals surface area contributed by atoms with E-state index in [1.54, 1.807) is 12.1 Å². The maximum atomic E-state index is 12.3. The summed E-state index contributed by atoms with van der Waals surface area (Å²) in [6.45, 7) is 0. The van der Waals surface area contributed by atoms with Gasteiger partial charge in [0, 0.05) is 0 Å². The molecule has 0 radical (unpaired) electrons. The topological polar surface area (TPSA) is 71.4 Å². The van der Waals surface area contributed by atoms with Crippen LogP contribution in [-0.4, -0.2) is 24.7 Å². The molecular formula is C16H19ClO4S. The molecule has 22 heavy (non-hydrogen) atoms. The highest BCUT2D eigenvalue weighted by molar-refractivity contribution is 7.92. The molecule has 0 spiro atoms. The molecular weight excluding hydrogens is 324 g/mol. The van der Waals surface area contributed by atoms with Crippen molar-refractivity contribution in [1.29, 1.82) is 0 Å². The number of carboxylic acids is 1. The minimum atomic E-state index is -3.36. The fourth-order valence-electron chi connectivity index (χ4n) is 3.37. The number of rotatable bonds is 4. The highest BCUT2D eigenvalue weighted by Gasteiger charge is 2.43. The molecule has 0 atom stereocenters. The first kappa shape index (κ1) is 15.8. The van der Waals surface area contributed by atoms with Crippen molar-refractivity contribution in [3.05, 3.63) is 28.8 Å². The minimum Gasteiger partial charge on any atom is -0.481 e. The van der Waals surface area contributed by atoms with Crippen molar-refractivity contribution in [2.45, 2.75) is 60.5 Å². The van der Waals surface area contributed by atoms with Crippen LogP contribution in [0.3, 0.4) is 0 Å². The van der Waals surface area contributed by atoms with Crippen molar-refractivity contribution in [3.8, 4) is 0 Å². The Morgan fingerprint density at radius 3 is 2.32 bits per heavy atom. The van der Waals surface area contributed by atoms with Gasteiger partial charge >= 0.3 is 5.97 Å². The van der Waals surface area contributed by atoms with Crippen molar-refractivity contribution >= 4 is 27.4 Å². The second-order valence-electron chi connectivity index (χ2n) is 6.34. The molecule has 0 saturated heterocycles. The fourth-order valence-corrected chi connectivity index (χ4v) is 5.58. The first-order chi connectivity index (χ1) is 10.4. The summed E-state index contributed by atoms with van der Waals surface area (Å²) in [6.07, 6.45) is 5.29. The first-order valence-corrected chi connectivity index (χ1v) is 9.58. The van der Waals surface area contributed by atoms with Gasteiger partial charge in [0.25, 0.3) is 0 Å². The zero-order chi connectivity index (χ0) is 16.0. The number of hydrogen-bond donors (Lipinski definition) is 1. The van der Waals surface area contributed by atoms with Gasteiger partial charge in [-0.3, -0.25) is 4.79 Å². The monoisotopic (exact) mass is 342 g/mol. The summed E-state index contributed by atoms with van der Waals surface area (Å²) < 4.78 is 24.6. The van der Waals surface area contributed by atoms with E-state index < -0.39 is 21.2 Å². The summed E-state index contributed by atoms with van der Waals surface area (Å²) >= 11 is 6.20. The molecule has 2 aliphatic carbocycles. The quantitative estimate of drug-likeness (QED) is 0.908. The number of halogens is 1. The van der Waals surface area contributed by atoms with Gasteiger partial charge in [-0.1, -0.05) is 36.9 Å². The summed E-state index contributed by atoms with van der Waals surface area (Å²) in [6, 6.07) is 4.68. The molecule has 1 aromatic rings. The molecule has 1 N–H and O–H groups in total. The predicted molar refractivity (Wildman–Crippen MR) is 84.1 cm³/mol. The zero-order valence-corrected chi connectivity index (χ0v) is 13.8. The van der Waals surface area contributed by atoms with E-state index in [9.17, 15) is 18.3 Å². The number of carbonyl (C=O) groups is 1. The predicted octanol–water partition coefficient (Wildman–Crippen LogP) is 3.56. The van der Waals surface area contributed by atoms with Crippen LogP contribution >= 0.6 is 11.6 Å². The number of sulfone groups is 1. The number of aliphatic carboxylic acids is 1. The van der Waals surface area contributed by atoms with E-state index in [1.807, 2.05) is 0 Å². The average Bonchev–Trinajstić information content (AvgIpc) is 3.32. The third kappa shape index (κ3) is 2.54. The molecule has 0 amide bonds. The summed E-state index contributed by atoms with van der Waals surface area (Å²) in [4.78, 5) is 12.0. The Kier molecular flexibility index (Phi) is 3.98. The normalized spacial score (nSPS) is 21.5. The molecule has 1 aromatic carbocycles. The van der Waals surface area contributed by atoms with Gasteiger partial charge in [0.05, 0.1) is 20.6 Å². The van der Waals surface area contributed by atoms with Crippen molar-refractivity contribution < 1.29 is 18.3 Å². The van der Waals surface area contributed by atoms with E-state index in [0.29, 0.717) is 31.2 Å². The smallest absolute Gasteiger partial charge is 0.314 e. The van der Waals surface area contributed by atoms with E-state index in [4.69, 9.17) is 11.6 Å². The van der Waals surface area contributed by atoms with Crippen molar-refractivity contribution in [2.24, 2.45) is 0 Å². The summed E-state index contributed by atoms with van der Waals surface area (Å²) in [5.74, 6) is -0.846. The lowest BCUT2D eigenvalue weighted by Gasteiger charge is -2.33. The maximum Gasteiger partial charge on any atom is 0.314 e. The van der Waals surface area contributed by atoms with Gasteiger partial charge in [-0.25, -0.2) is 8.42 Å². The SMILES string of the molecule is O=C(O)C1(c2ccc(S(=O)(=O)C3CC3)c(Cl)c2)CCCCC1. The lowest BCUT2D eigenvalue weighted by Crippen LogP contribution is -2.37. The van der Waals surface area contributed by atoms with Gasteiger partial charge < -0.3 is 5.11 Å². The van der Waals surface area contributed by atoms with Crippen LogP contribution < -0.4 is 0 Å². The molecule has 0 bridgehead atoms. The largest absolute Gasteiger partial charge is 0.481 e. The molecule has 2 fully saturated rings. The highest BCUT2D eigenvalue weighted by Crippen LogP contribution is 2.43. The van der Waals surface area contributed by atoms with E-state index in [-0.39, 0.29) is 15.2 Å². The molecule has 2 aliphatic rings. The van der Waals surface area contributed by atoms with Gasteiger partial charge in [0.2, 0.25) is 0 Å². The molecule has 6 heteroatoms. The third-order valence-electron chi connectivity index (χ3n) is 4.87. The van der Waals surface area contributed by atoms with Gasteiger partial charge in [-0.15, -0.1) is 0 Å². The number of benzene rings is 1. The Balaban J connectivity index is 2.02. The Bertz CT molecular complexity index is 701. The molecule has 0 heterocycles. The Hall–Kier alpha value is -1.07. The van der Waals surface area contributed by atoms with Gasteiger partial charge in [-0.2, -0.15) is 0 Å². The molecule has 2 saturated carbocycles. The number of carboxylic acid groups (broad SMARTS) is 1. The molecule has 4 nitrogen and oxygen atoms in total. The van der Waals surface area contributed by atoms with Gasteiger partial charge in [-0.05, 0) is 43.4 Å². The van der Waals surface area contributed by atoms with Crippen LogP contribution in [0.15, 0.2) is 23.1 Å². The Morgan fingerprint density at radius 2 is 1.82 bits per heavy atom. The average molecular weight is 343 g/mol. The van der Waals surface area contributed by atoms with Crippen LogP contribution in [0.1, 0.15) is 50.5 Å². The molecule has 120 valence electrons. The highest BCUT2D eigenvalue weighted by atomic mass is 35.5. The van der Waals surface area contributed by atoms with Crippen LogP contribution in [-0.2, 0) is 20.0 Å². The van der Waals surface area contributed by atoms with E-state index in [0.717, 1.165) is 19.3 Å². The summed E-state index contributed by atoms with van der Waals surface area (Å²) in [5.41, 5.74) is -0.302. The standard InChI is InChI=1S/C16H19ClO4S/c17-13-10-11(16(15(18)19)8-2-1-3-9-16)4-7-14(13)22(20,21)12-5-6-12/h4,7,10,12H,1-3,5-6,8-9H2,(H,18,19). The fraction of sp³-hybridized carbons (Fsp3) is 0.562. The van der Waals surface area contributed by atoms with E-state index in [2.05, 4.69) is 0 Å². The molecule has 0 aliphatic heterocycles. The van der Waals surface area contributed by atoms with Gasteiger partial charge in [0.15, 0.2) is 9.84 Å². The van der Waals surface area contributed by atoms with Crippen molar-refractivity contribution in [1.82, 2.24) is 0 Å². The Morgan fingerprint density at radius 1 is 1.18 bits per heavy atom. The third-order valence-corrected chi connectivity index (χ3v) is 7.61. The van der Waals surface area contributed by atoms with Crippen molar-refractivity contribution in [2.75, 3.05) is 0 Å². The summed E-state index contributed by atoms with van der Waals surface area (Å²) in [5, 5.41) is 9.53. The van der Waals surface area contributed by atoms with E-state index >= 15 is 0 Å². The summed E-state index contributed by atoms with van der Waals surface area (Å²) in [7, 11) is -3.36. The van der Waals surface area contributed by atoms with Crippen molar-refractivity contribution in [3.63, 3.8) is 0 Å². The van der Waals surface area contributed by atoms with Crippen LogP contribution in [0.25, 0.3) is 0 Å². The second kappa shape index (κ2) is 5.53. The number of hydrogen-bond acceptors (Lipinski definition) is 3. The van der Waals surface area contributed by atoms with Crippen LogP contribution in [0.4, 0.5) is 0 Å². The minimum absolute atomic E-state index is 0.136.